The summed E-state index contributed by atoms with van der Waals surface area (Å²) in [7, 11) is 0. The number of carbonyl (C=O) groups is 1. The van der Waals surface area contributed by atoms with Crippen LogP contribution in [0.4, 0.5) is 11.5 Å². The topological polar surface area (TPSA) is 110 Å². The van der Waals surface area contributed by atoms with Crippen LogP contribution in [0.25, 0.3) is 21.8 Å². The van der Waals surface area contributed by atoms with Gasteiger partial charge < -0.3 is 11.1 Å². The van der Waals surface area contributed by atoms with Gasteiger partial charge in [-0.15, -0.1) is 0 Å². The Balaban J connectivity index is 1.84. The van der Waals surface area contributed by atoms with Crippen LogP contribution in [0.5, 0.6) is 0 Å². The van der Waals surface area contributed by atoms with E-state index in [1.807, 2.05) is 42.5 Å². The van der Waals surface area contributed by atoms with Gasteiger partial charge in [0.2, 0.25) is 5.82 Å². The molecule has 2 aromatic carbocycles. The second kappa shape index (κ2) is 5.06. The van der Waals surface area contributed by atoms with Gasteiger partial charge in [-0.05, 0) is 30.3 Å². The minimum atomic E-state index is -0.664. The SMILES string of the molecule is NC(=O)c1nc(Nc2ccc3cn[nH]c3c2)c2ccccc2n1. The van der Waals surface area contributed by atoms with Crippen LogP contribution in [0.1, 0.15) is 10.6 Å². The van der Waals surface area contributed by atoms with Crippen molar-refractivity contribution in [2.75, 3.05) is 5.32 Å². The number of benzene rings is 2. The number of aromatic nitrogens is 4. The average molecular weight is 304 g/mol. The van der Waals surface area contributed by atoms with Crippen LogP contribution < -0.4 is 11.1 Å². The number of hydrogen-bond donors (Lipinski definition) is 3. The fourth-order valence-electron chi connectivity index (χ4n) is 2.43. The fourth-order valence-corrected chi connectivity index (χ4v) is 2.43. The Hall–Kier alpha value is -3.48. The molecule has 0 aliphatic rings. The van der Waals surface area contributed by atoms with E-state index < -0.39 is 5.91 Å². The van der Waals surface area contributed by atoms with Crippen LogP contribution in [-0.4, -0.2) is 26.1 Å². The summed E-state index contributed by atoms with van der Waals surface area (Å²) < 4.78 is 0. The van der Waals surface area contributed by atoms with E-state index in [0.29, 0.717) is 11.3 Å². The summed E-state index contributed by atoms with van der Waals surface area (Å²) in [5.74, 6) is -0.153. The molecule has 1 amide bonds. The van der Waals surface area contributed by atoms with Gasteiger partial charge in [0.25, 0.3) is 5.91 Å². The number of para-hydroxylation sites is 1. The molecule has 0 radical (unpaired) electrons. The Morgan fingerprint density at radius 3 is 2.87 bits per heavy atom. The second-order valence-electron chi connectivity index (χ2n) is 5.07. The first-order valence-corrected chi connectivity index (χ1v) is 6.97. The molecule has 4 N–H and O–H groups in total. The molecule has 7 heteroatoms. The van der Waals surface area contributed by atoms with E-state index in [4.69, 9.17) is 5.73 Å². The van der Waals surface area contributed by atoms with Crippen molar-refractivity contribution in [1.29, 1.82) is 0 Å². The molecule has 23 heavy (non-hydrogen) atoms. The van der Waals surface area contributed by atoms with Gasteiger partial charge in [0.15, 0.2) is 0 Å². The number of primary amides is 1. The van der Waals surface area contributed by atoms with E-state index in [1.54, 1.807) is 6.20 Å². The highest BCUT2D eigenvalue weighted by Crippen LogP contribution is 2.25. The van der Waals surface area contributed by atoms with Crippen molar-refractivity contribution in [2.45, 2.75) is 0 Å². The molecular formula is C16H12N6O. The van der Waals surface area contributed by atoms with Crippen LogP contribution in [0.3, 0.4) is 0 Å². The molecule has 4 aromatic rings. The third-order valence-electron chi connectivity index (χ3n) is 3.53. The van der Waals surface area contributed by atoms with Gasteiger partial charge in [-0.25, -0.2) is 9.97 Å². The zero-order valence-electron chi connectivity index (χ0n) is 11.9. The zero-order valence-corrected chi connectivity index (χ0v) is 11.9. The first-order chi connectivity index (χ1) is 11.2. The normalized spacial score (nSPS) is 11.0. The number of H-pyrrole nitrogens is 1. The summed E-state index contributed by atoms with van der Waals surface area (Å²) in [4.78, 5) is 19.9. The lowest BCUT2D eigenvalue weighted by Gasteiger charge is -2.10. The number of fused-ring (bicyclic) bond motifs is 2. The maximum absolute atomic E-state index is 11.4. The molecule has 0 fully saturated rings. The van der Waals surface area contributed by atoms with Crippen LogP contribution >= 0.6 is 0 Å². The lowest BCUT2D eigenvalue weighted by Crippen LogP contribution is -2.16. The number of anilines is 2. The molecule has 0 saturated heterocycles. The Morgan fingerprint density at radius 1 is 1.13 bits per heavy atom. The maximum Gasteiger partial charge on any atom is 0.286 e. The summed E-state index contributed by atoms with van der Waals surface area (Å²) in [6.45, 7) is 0. The molecular weight excluding hydrogens is 292 g/mol. The van der Waals surface area contributed by atoms with Gasteiger partial charge in [0.05, 0.1) is 17.2 Å². The Kier molecular flexibility index (Phi) is 2.90. The lowest BCUT2D eigenvalue weighted by molar-refractivity contribution is 0.0991. The number of nitrogens with one attached hydrogen (secondary N) is 2. The number of amides is 1. The van der Waals surface area contributed by atoms with Gasteiger partial charge in [-0.1, -0.05) is 12.1 Å². The number of nitrogens with two attached hydrogens (primary N) is 1. The molecule has 4 rings (SSSR count). The van der Waals surface area contributed by atoms with E-state index in [1.165, 1.54) is 0 Å². The highest BCUT2D eigenvalue weighted by atomic mass is 16.1. The minimum absolute atomic E-state index is 0.0196. The number of rotatable bonds is 3. The molecule has 2 aromatic heterocycles. The van der Waals surface area contributed by atoms with Crippen molar-refractivity contribution in [2.24, 2.45) is 5.73 Å². The number of nitrogens with zero attached hydrogens (tertiary/aromatic N) is 3. The van der Waals surface area contributed by atoms with E-state index in [0.717, 1.165) is 22.0 Å². The first kappa shape index (κ1) is 13.2. The molecule has 0 bridgehead atoms. The molecule has 0 aliphatic heterocycles. The highest BCUT2D eigenvalue weighted by Gasteiger charge is 2.11. The van der Waals surface area contributed by atoms with Crippen molar-refractivity contribution < 1.29 is 4.79 Å². The molecule has 0 atom stereocenters. The van der Waals surface area contributed by atoms with E-state index >= 15 is 0 Å². The van der Waals surface area contributed by atoms with E-state index in [9.17, 15) is 4.79 Å². The average Bonchev–Trinajstić information content (AvgIpc) is 3.02. The van der Waals surface area contributed by atoms with Gasteiger partial charge in [0, 0.05) is 16.5 Å². The van der Waals surface area contributed by atoms with Gasteiger partial charge in [0.1, 0.15) is 5.82 Å². The van der Waals surface area contributed by atoms with E-state index in [-0.39, 0.29) is 5.82 Å². The number of aromatic amines is 1. The van der Waals surface area contributed by atoms with Crippen molar-refractivity contribution in [1.82, 2.24) is 20.2 Å². The molecule has 0 unspecified atom stereocenters. The lowest BCUT2D eigenvalue weighted by atomic mass is 10.2. The molecule has 112 valence electrons. The fraction of sp³-hybridized carbons (Fsp3) is 0. The van der Waals surface area contributed by atoms with E-state index in [2.05, 4.69) is 25.5 Å². The Morgan fingerprint density at radius 2 is 2.00 bits per heavy atom. The summed E-state index contributed by atoms with van der Waals surface area (Å²) in [6, 6.07) is 13.2. The quantitative estimate of drug-likeness (QED) is 0.538. The van der Waals surface area contributed by atoms with Crippen molar-refractivity contribution >= 4 is 39.2 Å². The summed E-state index contributed by atoms with van der Waals surface area (Å²) >= 11 is 0. The van der Waals surface area contributed by atoms with Crippen molar-refractivity contribution in [3.8, 4) is 0 Å². The minimum Gasteiger partial charge on any atom is -0.363 e. The summed E-state index contributed by atoms with van der Waals surface area (Å²) in [5, 5.41) is 12.0. The monoisotopic (exact) mass is 304 g/mol. The second-order valence-corrected chi connectivity index (χ2v) is 5.07. The third-order valence-corrected chi connectivity index (χ3v) is 3.53. The van der Waals surface area contributed by atoms with Crippen LogP contribution in [-0.2, 0) is 0 Å². The molecule has 2 heterocycles. The Bertz CT molecular complexity index is 1040. The predicted octanol–water partition coefficient (Wildman–Crippen LogP) is 2.35. The smallest absolute Gasteiger partial charge is 0.286 e. The third kappa shape index (κ3) is 2.34. The summed E-state index contributed by atoms with van der Waals surface area (Å²) in [6.07, 6.45) is 1.75. The van der Waals surface area contributed by atoms with Gasteiger partial charge in [-0.3, -0.25) is 9.89 Å². The van der Waals surface area contributed by atoms with Crippen LogP contribution in [0.15, 0.2) is 48.7 Å². The van der Waals surface area contributed by atoms with Gasteiger partial charge in [-0.2, -0.15) is 5.10 Å². The standard InChI is InChI=1S/C16H12N6O/c17-14(23)16-20-12-4-2-1-3-11(12)15(21-16)19-10-6-5-9-8-18-22-13(9)7-10/h1-8H,(H2,17,23)(H,18,22)(H,19,20,21). The molecule has 7 nitrogen and oxygen atoms in total. The predicted molar refractivity (Wildman–Crippen MR) is 87.4 cm³/mol. The molecule has 0 saturated carbocycles. The summed E-state index contributed by atoms with van der Waals surface area (Å²) in [5.41, 5.74) is 7.70. The van der Waals surface area contributed by atoms with Crippen LogP contribution in [0, 0.1) is 0 Å². The largest absolute Gasteiger partial charge is 0.363 e. The van der Waals surface area contributed by atoms with Gasteiger partial charge >= 0.3 is 0 Å². The highest BCUT2D eigenvalue weighted by molar-refractivity contribution is 5.96. The van der Waals surface area contributed by atoms with Crippen LogP contribution in [0.2, 0.25) is 0 Å². The Labute approximate surface area is 130 Å². The molecule has 0 aliphatic carbocycles. The zero-order chi connectivity index (χ0) is 15.8. The number of hydrogen-bond acceptors (Lipinski definition) is 5. The molecule has 0 spiro atoms. The maximum atomic E-state index is 11.4. The number of carbonyl (C=O) groups excluding carboxylic acids is 1. The van der Waals surface area contributed by atoms with Crippen molar-refractivity contribution in [3.05, 3.63) is 54.5 Å². The first-order valence-electron chi connectivity index (χ1n) is 6.97. The van der Waals surface area contributed by atoms with Crippen molar-refractivity contribution in [3.63, 3.8) is 0 Å².